The molecule has 3 N–H and O–H groups in total. The first kappa shape index (κ1) is 17.5. The Morgan fingerprint density at radius 2 is 2.08 bits per heavy atom. The number of rotatable bonds is 4. The van der Waals surface area contributed by atoms with Crippen LogP contribution in [0.1, 0.15) is 12.1 Å². The third-order valence-corrected chi connectivity index (χ3v) is 5.88. The topological polar surface area (TPSA) is 81.1 Å². The highest BCUT2D eigenvalue weighted by atomic mass is 31.2. The van der Waals surface area contributed by atoms with Crippen LogP contribution in [0.4, 0.5) is 0 Å². The summed E-state index contributed by atoms with van der Waals surface area (Å²) in [5, 5.41) is 21.7. The molecule has 2 aliphatic heterocycles. The van der Waals surface area contributed by atoms with E-state index < -0.39 is 31.4 Å². The molecule has 1 fully saturated rings. The second-order valence-corrected chi connectivity index (χ2v) is 11.6. The number of H-pyrrole nitrogens is 1. The molecule has 2 aliphatic rings. The summed E-state index contributed by atoms with van der Waals surface area (Å²) in [6.07, 6.45) is 4.62. The Hall–Kier alpha value is -1.33. The van der Waals surface area contributed by atoms with Gasteiger partial charge in [0.2, 0.25) is 0 Å². The smallest absolute Gasteiger partial charge is 0.164 e. The zero-order valence-corrected chi connectivity index (χ0v) is 15.3. The van der Waals surface area contributed by atoms with Crippen molar-refractivity contribution in [3.8, 4) is 0 Å². The van der Waals surface area contributed by atoms with Crippen LogP contribution in [0.15, 0.2) is 23.5 Å². The molecule has 0 amide bonds. The van der Waals surface area contributed by atoms with Crippen LogP contribution in [0.5, 0.6) is 0 Å². The number of nitrogens with one attached hydrogen (secondary N) is 1. The quantitative estimate of drug-likeness (QED) is 0.668. The first-order chi connectivity index (χ1) is 11.2. The van der Waals surface area contributed by atoms with Crippen molar-refractivity contribution < 1.29 is 14.9 Å². The van der Waals surface area contributed by atoms with Gasteiger partial charge < -0.3 is 24.8 Å². The first-order valence-electron chi connectivity index (χ1n) is 8.08. The van der Waals surface area contributed by atoms with Crippen LogP contribution in [-0.4, -0.2) is 70.4 Å². The molecule has 0 radical (unpaired) electrons. The maximum absolute atomic E-state index is 10.4. The highest BCUT2D eigenvalue weighted by Gasteiger charge is 2.45. The summed E-state index contributed by atoms with van der Waals surface area (Å²) in [5.74, 6) is 0.478. The Kier molecular flexibility index (Phi) is 4.51. The van der Waals surface area contributed by atoms with E-state index in [-0.39, 0.29) is 0 Å². The maximum Gasteiger partial charge on any atom is 0.164 e. The lowest BCUT2D eigenvalue weighted by Gasteiger charge is -2.29. The third kappa shape index (κ3) is 3.38. The fourth-order valence-corrected chi connectivity index (χ4v) is 4.05. The molecular formula is C17H26N3O3P. The molecule has 0 bridgehead atoms. The number of aryl methyl sites for hydroxylation is 1. The summed E-state index contributed by atoms with van der Waals surface area (Å²) in [5.41, 5.74) is 1.75. The molecule has 132 valence electrons. The molecule has 0 aromatic carbocycles. The Morgan fingerprint density at radius 1 is 1.38 bits per heavy atom. The van der Waals surface area contributed by atoms with Crippen molar-refractivity contribution >= 4 is 19.4 Å². The molecule has 1 aromatic heterocycles. The minimum atomic E-state index is -1.20. The van der Waals surface area contributed by atoms with E-state index in [4.69, 9.17) is 4.74 Å². The van der Waals surface area contributed by atoms with Gasteiger partial charge in [-0.3, -0.25) is 0 Å². The van der Waals surface area contributed by atoms with Gasteiger partial charge in [0.15, 0.2) is 6.23 Å². The number of ether oxygens (including phenoxy) is 1. The molecule has 6 nitrogen and oxygen atoms in total. The lowest BCUT2D eigenvalue weighted by Crippen LogP contribution is -2.44. The van der Waals surface area contributed by atoms with Crippen LogP contribution < -0.4 is 10.7 Å². The zero-order chi connectivity index (χ0) is 17.6. The molecule has 3 rings (SSSR count). The van der Waals surface area contributed by atoms with Gasteiger partial charge in [0, 0.05) is 17.1 Å². The van der Waals surface area contributed by atoms with E-state index in [1.165, 1.54) is 0 Å². The predicted molar refractivity (Wildman–Crippen MR) is 97.8 cm³/mol. The van der Waals surface area contributed by atoms with Crippen molar-refractivity contribution in [3.63, 3.8) is 0 Å². The van der Waals surface area contributed by atoms with E-state index in [2.05, 4.69) is 36.2 Å². The highest BCUT2D eigenvalue weighted by Crippen LogP contribution is 2.38. The Morgan fingerprint density at radius 3 is 2.75 bits per heavy atom. The second-order valence-electron chi connectivity index (χ2n) is 7.31. The summed E-state index contributed by atoms with van der Waals surface area (Å²) in [7, 11) is 0. The average Bonchev–Trinajstić information content (AvgIpc) is 2.96. The second kappa shape index (κ2) is 6.19. The number of nitrogens with zero attached hydrogens (tertiary/aromatic N) is 2. The van der Waals surface area contributed by atoms with Crippen LogP contribution in [0.3, 0.4) is 0 Å². The zero-order valence-electron chi connectivity index (χ0n) is 14.4. The Bertz CT molecular complexity index is 810. The van der Waals surface area contributed by atoms with E-state index in [1.54, 1.807) is 4.90 Å². The van der Waals surface area contributed by atoms with Gasteiger partial charge in [-0.1, -0.05) is 6.58 Å². The van der Waals surface area contributed by atoms with E-state index >= 15 is 0 Å². The molecular weight excluding hydrogens is 325 g/mol. The first-order valence-corrected chi connectivity index (χ1v) is 11.1. The SMILES string of the molecule is C=C1N=c2[nH]c(C)cc2=CN1C1O[C@H](CCP(=C)(C)C)[C@@H](O)[C@H]1O. The highest BCUT2D eigenvalue weighted by molar-refractivity contribution is 7.72. The van der Waals surface area contributed by atoms with Gasteiger partial charge >= 0.3 is 0 Å². The Labute approximate surface area is 142 Å². The van der Waals surface area contributed by atoms with Gasteiger partial charge in [0.05, 0.1) is 6.10 Å². The van der Waals surface area contributed by atoms with E-state index in [9.17, 15) is 10.2 Å². The van der Waals surface area contributed by atoms with Gasteiger partial charge in [0.25, 0.3) is 0 Å². The van der Waals surface area contributed by atoms with E-state index in [1.807, 2.05) is 19.2 Å². The third-order valence-electron chi connectivity index (χ3n) is 4.41. The predicted octanol–water partition coefficient (Wildman–Crippen LogP) is 0.0135. The maximum atomic E-state index is 10.4. The summed E-state index contributed by atoms with van der Waals surface area (Å²) >= 11 is 0. The monoisotopic (exact) mass is 351 g/mol. The van der Waals surface area contributed by atoms with Gasteiger partial charge in [-0.25, -0.2) is 4.99 Å². The molecule has 3 heterocycles. The number of aromatic nitrogens is 1. The summed E-state index contributed by atoms with van der Waals surface area (Å²) in [4.78, 5) is 9.29. The van der Waals surface area contributed by atoms with Gasteiger partial charge in [-0.15, -0.1) is 13.2 Å². The van der Waals surface area contributed by atoms with Crippen LogP contribution in [0, 0.1) is 6.92 Å². The normalized spacial score (nSPS) is 30.0. The number of hydrogen-bond acceptors (Lipinski definition) is 5. The number of aliphatic hydroxyl groups is 2. The van der Waals surface area contributed by atoms with Gasteiger partial charge in [-0.05, 0) is 38.9 Å². The summed E-state index contributed by atoms with van der Waals surface area (Å²) in [6, 6.07) is 1.98. The van der Waals surface area contributed by atoms with Crippen molar-refractivity contribution in [3.05, 3.63) is 34.9 Å². The fraction of sp³-hybridized carbons (Fsp3) is 0.529. The molecule has 24 heavy (non-hydrogen) atoms. The van der Waals surface area contributed by atoms with Crippen molar-refractivity contribution in [2.75, 3.05) is 19.5 Å². The Balaban J connectivity index is 1.81. The lowest BCUT2D eigenvalue weighted by atomic mass is 10.1. The molecule has 7 heteroatoms. The standard InChI is InChI=1S/C17H26N3O3P/c1-10-8-12-9-20(11(2)19-16(12)18-10)17-15(22)14(21)13(23-17)6-7-24(3,4)5/h8-9,13-15,17,21-22H,2-3,6-7H2,1,4-5H3,(H,18,19)/t13-,14-,15-,17?/m1/s1. The van der Waals surface area contributed by atoms with Crippen molar-refractivity contribution in [2.45, 2.75) is 37.9 Å². The number of aliphatic hydroxyl groups excluding tert-OH is 2. The molecule has 1 aromatic rings. The van der Waals surface area contributed by atoms with E-state index in [0.29, 0.717) is 12.2 Å². The van der Waals surface area contributed by atoms with Crippen LogP contribution in [-0.2, 0) is 4.74 Å². The lowest BCUT2D eigenvalue weighted by molar-refractivity contribution is -0.0517. The molecule has 0 aliphatic carbocycles. The van der Waals surface area contributed by atoms with Crippen LogP contribution >= 0.6 is 6.89 Å². The van der Waals surface area contributed by atoms with Gasteiger partial charge in [-0.2, -0.15) is 0 Å². The molecule has 4 atom stereocenters. The molecule has 0 spiro atoms. The van der Waals surface area contributed by atoms with Gasteiger partial charge in [0.1, 0.15) is 23.5 Å². The minimum Gasteiger partial charge on any atom is -0.388 e. The summed E-state index contributed by atoms with van der Waals surface area (Å²) < 4.78 is 5.97. The molecule has 1 saturated heterocycles. The van der Waals surface area contributed by atoms with Crippen molar-refractivity contribution in [2.24, 2.45) is 4.99 Å². The van der Waals surface area contributed by atoms with E-state index in [0.717, 1.165) is 22.6 Å². The number of aromatic amines is 1. The minimum absolute atomic E-state index is 0.401. The van der Waals surface area contributed by atoms with Crippen molar-refractivity contribution in [1.82, 2.24) is 9.88 Å². The average molecular weight is 351 g/mol. The van der Waals surface area contributed by atoms with Crippen molar-refractivity contribution in [1.29, 1.82) is 0 Å². The van der Waals surface area contributed by atoms with Crippen LogP contribution in [0.2, 0.25) is 0 Å². The molecule has 0 saturated carbocycles. The number of fused-ring (bicyclic) bond motifs is 1. The molecule has 1 unspecified atom stereocenters. The van der Waals surface area contributed by atoms with Crippen LogP contribution in [0.25, 0.3) is 6.20 Å². The fourth-order valence-electron chi connectivity index (χ4n) is 3.09. The largest absolute Gasteiger partial charge is 0.388 e. The summed E-state index contributed by atoms with van der Waals surface area (Å²) in [6.45, 7) is 9.00. The number of hydrogen-bond donors (Lipinski definition) is 3.